The number of hydrogen-bond donors (Lipinski definition) is 1. The second-order valence-electron chi connectivity index (χ2n) is 16.0. The number of Topliss-reactive ketones (excluding diaryl/α,β-unsaturated/α-hetero) is 1. The fourth-order valence-electron chi connectivity index (χ4n) is 12.3. The third-order valence-electron chi connectivity index (χ3n) is 14.7. The maximum Gasteiger partial charge on any atom is 0.327 e. The summed E-state index contributed by atoms with van der Waals surface area (Å²) >= 11 is 0. The molecule has 3 heteroatoms. The second-order valence-corrected chi connectivity index (χ2v) is 16.0. The number of carbonyl (C=O) groups is 2. The van der Waals surface area contributed by atoms with Crippen molar-refractivity contribution in [1.29, 1.82) is 0 Å². The Morgan fingerprint density at radius 2 is 1.50 bits per heavy atom. The molecule has 0 amide bonds. The first kappa shape index (κ1) is 25.2. The van der Waals surface area contributed by atoms with E-state index in [2.05, 4.69) is 47.6 Å². The molecule has 0 aromatic carbocycles. The predicted molar refractivity (Wildman–Crippen MR) is 143 cm³/mol. The van der Waals surface area contributed by atoms with Crippen molar-refractivity contribution < 1.29 is 14.7 Å². The van der Waals surface area contributed by atoms with Crippen molar-refractivity contribution in [2.45, 2.75) is 119 Å². The van der Waals surface area contributed by atoms with E-state index in [-0.39, 0.29) is 16.2 Å². The molecular formula is C33H50O3. The Morgan fingerprint density at radius 1 is 0.778 bits per heavy atom. The first-order valence-electron chi connectivity index (χ1n) is 15.2. The van der Waals surface area contributed by atoms with Crippen LogP contribution in [0.5, 0.6) is 0 Å². The van der Waals surface area contributed by atoms with Gasteiger partial charge in [-0.2, -0.15) is 0 Å². The average Bonchev–Trinajstić information content (AvgIpc) is 3.42. The van der Waals surface area contributed by atoms with Crippen LogP contribution in [-0.4, -0.2) is 16.9 Å². The van der Waals surface area contributed by atoms with Crippen molar-refractivity contribution in [3.8, 4) is 0 Å². The van der Waals surface area contributed by atoms with Gasteiger partial charge in [-0.25, -0.2) is 4.79 Å². The van der Waals surface area contributed by atoms with E-state index in [1.54, 1.807) is 0 Å². The first-order chi connectivity index (χ1) is 16.7. The minimum Gasteiger partial charge on any atom is -0.478 e. The van der Waals surface area contributed by atoms with Gasteiger partial charge in [-0.05, 0) is 127 Å². The molecule has 9 atom stereocenters. The summed E-state index contributed by atoms with van der Waals surface area (Å²) in [5.74, 6) is 2.98. The van der Waals surface area contributed by atoms with Crippen LogP contribution < -0.4 is 0 Å². The third-order valence-corrected chi connectivity index (χ3v) is 14.7. The van der Waals surface area contributed by atoms with Crippen molar-refractivity contribution in [2.75, 3.05) is 0 Å². The topological polar surface area (TPSA) is 54.4 Å². The zero-order chi connectivity index (χ0) is 25.9. The highest BCUT2D eigenvalue weighted by molar-refractivity contribution is 5.85. The van der Waals surface area contributed by atoms with Crippen LogP contribution in [0.25, 0.3) is 0 Å². The molecule has 0 spiro atoms. The summed E-state index contributed by atoms with van der Waals surface area (Å²) in [7, 11) is 0. The van der Waals surface area contributed by atoms with Gasteiger partial charge in [-0.1, -0.05) is 47.6 Å². The standard InChI is InChI=1S/C33H50O3/c1-28(2)23-10-14-32(6)24(30(23,4)13-11-25(28)34)8-7-22-27-21(29(3)17-18-29)9-15-33(27,16-12-26(35)36)20-19-31(22,32)5/h12,16,21-24,27H,7-11,13-15,17-20H2,1-6H3,(H,35,36). The molecule has 0 aromatic heterocycles. The van der Waals surface area contributed by atoms with Crippen molar-refractivity contribution in [3.63, 3.8) is 0 Å². The molecule has 6 aliphatic carbocycles. The van der Waals surface area contributed by atoms with Gasteiger partial charge in [0.2, 0.25) is 0 Å². The molecule has 6 aliphatic rings. The van der Waals surface area contributed by atoms with Crippen LogP contribution in [-0.2, 0) is 9.59 Å². The molecule has 6 fully saturated rings. The zero-order valence-corrected chi connectivity index (χ0v) is 23.8. The van der Waals surface area contributed by atoms with E-state index in [1.165, 1.54) is 63.9 Å². The van der Waals surface area contributed by atoms with Gasteiger partial charge in [0.25, 0.3) is 0 Å². The summed E-state index contributed by atoms with van der Waals surface area (Å²) in [5, 5.41) is 9.57. The summed E-state index contributed by atoms with van der Waals surface area (Å²) in [6.45, 7) is 14.9. The Hall–Kier alpha value is -1.12. The number of ketones is 1. The van der Waals surface area contributed by atoms with Crippen molar-refractivity contribution in [1.82, 2.24) is 0 Å². The van der Waals surface area contributed by atoms with Gasteiger partial charge in [0.1, 0.15) is 5.78 Å². The van der Waals surface area contributed by atoms with Gasteiger partial charge < -0.3 is 5.11 Å². The molecule has 0 aliphatic heterocycles. The van der Waals surface area contributed by atoms with Crippen LogP contribution >= 0.6 is 0 Å². The van der Waals surface area contributed by atoms with E-state index in [4.69, 9.17) is 0 Å². The van der Waals surface area contributed by atoms with Gasteiger partial charge in [0.15, 0.2) is 0 Å². The van der Waals surface area contributed by atoms with E-state index in [9.17, 15) is 14.7 Å². The molecule has 6 rings (SSSR count). The lowest BCUT2D eigenvalue weighted by molar-refractivity contribution is -0.232. The average molecular weight is 495 g/mol. The number of rotatable bonds is 3. The van der Waals surface area contributed by atoms with E-state index >= 15 is 0 Å². The summed E-state index contributed by atoms with van der Waals surface area (Å²) < 4.78 is 0. The Bertz CT molecular complexity index is 1000. The van der Waals surface area contributed by atoms with Crippen LogP contribution in [0.15, 0.2) is 12.2 Å². The molecule has 0 aromatic rings. The maximum absolute atomic E-state index is 13.0. The molecule has 0 heterocycles. The number of carboxylic acid groups (broad SMARTS) is 1. The quantitative estimate of drug-likeness (QED) is 0.403. The lowest BCUT2D eigenvalue weighted by atomic mass is 9.32. The molecule has 0 radical (unpaired) electrons. The van der Waals surface area contributed by atoms with Gasteiger partial charge in [-0.3, -0.25) is 4.79 Å². The predicted octanol–water partition coefficient (Wildman–Crippen LogP) is 8.08. The molecule has 0 bridgehead atoms. The van der Waals surface area contributed by atoms with Crippen molar-refractivity contribution in [3.05, 3.63) is 12.2 Å². The molecule has 9 unspecified atom stereocenters. The highest BCUT2D eigenvalue weighted by atomic mass is 16.4. The number of aliphatic carboxylic acids is 1. The van der Waals surface area contributed by atoms with Crippen LogP contribution in [0.1, 0.15) is 119 Å². The van der Waals surface area contributed by atoms with Gasteiger partial charge in [0.05, 0.1) is 0 Å². The molecule has 3 nitrogen and oxygen atoms in total. The van der Waals surface area contributed by atoms with E-state index in [0.29, 0.717) is 45.7 Å². The van der Waals surface area contributed by atoms with Crippen LogP contribution in [0, 0.1) is 62.1 Å². The van der Waals surface area contributed by atoms with E-state index in [0.717, 1.165) is 25.2 Å². The molecule has 0 saturated heterocycles. The first-order valence-corrected chi connectivity index (χ1v) is 15.2. The molecule has 36 heavy (non-hydrogen) atoms. The minimum absolute atomic E-state index is 0.0857. The van der Waals surface area contributed by atoms with Gasteiger partial charge >= 0.3 is 5.97 Å². The number of fused-ring (bicyclic) bond motifs is 7. The largest absolute Gasteiger partial charge is 0.478 e. The Balaban J connectivity index is 1.40. The Labute approximate surface area is 219 Å². The van der Waals surface area contributed by atoms with E-state index < -0.39 is 5.97 Å². The number of allylic oxidation sites excluding steroid dienone is 1. The fraction of sp³-hybridized carbons (Fsp3) is 0.879. The van der Waals surface area contributed by atoms with Crippen LogP contribution in [0.3, 0.4) is 0 Å². The Morgan fingerprint density at radius 3 is 2.17 bits per heavy atom. The Kier molecular flexibility index (Phi) is 5.25. The second kappa shape index (κ2) is 7.50. The third kappa shape index (κ3) is 3.04. The zero-order valence-electron chi connectivity index (χ0n) is 23.8. The summed E-state index contributed by atoms with van der Waals surface area (Å²) in [6, 6.07) is 0. The van der Waals surface area contributed by atoms with E-state index in [1.807, 2.05) is 0 Å². The summed E-state index contributed by atoms with van der Waals surface area (Å²) in [5.41, 5.74) is 1.24. The summed E-state index contributed by atoms with van der Waals surface area (Å²) in [4.78, 5) is 24.6. The van der Waals surface area contributed by atoms with Crippen molar-refractivity contribution >= 4 is 11.8 Å². The highest BCUT2D eigenvalue weighted by Crippen LogP contribution is 2.79. The molecule has 1 N–H and O–H groups in total. The monoisotopic (exact) mass is 494 g/mol. The van der Waals surface area contributed by atoms with Crippen molar-refractivity contribution in [2.24, 2.45) is 62.1 Å². The SMILES string of the molecule is CC1(C2CCC3(C=CC(=O)O)CCC4(C)C(CCC5C6(C)CCC(=O)C(C)(C)C6CCC54C)C23)CC1. The fourth-order valence-corrected chi connectivity index (χ4v) is 12.3. The molecule has 6 saturated carbocycles. The van der Waals surface area contributed by atoms with Crippen LogP contribution in [0.2, 0.25) is 0 Å². The summed E-state index contributed by atoms with van der Waals surface area (Å²) in [6.07, 6.45) is 18.1. The lowest BCUT2D eigenvalue weighted by Gasteiger charge is -2.72. The lowest BCUT2D eigenvalue weighted by Crippen LogP contribution is -2.66. The van der Waals surface area contributed by atoms with Crippen LogP contribution in [0.4, 0.5) is 0 Å². The minimum atomic E-state index is -0.783. The maximum atomic E-state index is 13.0. The smallest absolute Gasteiger partial charge is 0.327 e. The molecule has 200 valence electrons. The highest BCUT2D eigenvalue weighted by Gasteiger charge is 2.71. The normalized spacial score (nSPS) is 52.7. The van der Waals surface area contributed by atoms with Gasteiger partial charge in [-0.15, -0.1) is 0 Å². The number of hydrogen-bond acceptors (Lipinski definition) is 2. The number of carbonyl (C=O) groups excluding carboxylic acids is 1. The number of carboxylic acids is 1. The molecular weight excluding hydrogens is 444 g/mol. The van der Waals surface area contributed by atoms with Gasteiger partial charge in [0, 0.05) is 17.9 Å².